The van der Waals surface area contributed by atoms with Gasteiger partial charge in [0.1, 0.15) is 11.6 Å². The average Bonchev–Trinajstić information content (AvgIpc) is 3.23. The Morgan fingerprint density at radius 2 is 2.11 bits per heavy atom. The van der Waals surface area contributed by atoms with E-state index in [0.29, 0.717) is 6.54 Å². The quantitative estimate of drug-likeness (QED) is 0.696. The van der Waals surface area contributed by atoms with E-state index >= 15 is 0 Å². The first-order valence-electron chi connectivity index (χ1n) is 9.67. The summed E-state index contributed by atoms with van der Waals surface area (Å²) in [5, 5.41) is 6.46. The van der Waals surface area contributed by atoms with Gasteiger partial charge in [-0.15, -0.1) is 11.3 Å². The van der Waals surface area contributed by atoms with Gasteiger partial charge in [0.2, 0.25) is 5.91 Å². The second kappa shape index (κ2) is 8.19. The van der Waals surface area contributed by atoms with Crippen LogP contribution < -0.4 is 15.0 Å². The first kappa shape index (κ1) is 18.7. The van der Waals surface area contributed by atoms with E-state index in [4.69, 9.17) is 4.74 Å². The van der Waals surface area contributed by atoms with E-state index in [1.54, 1.807) is 18.4 Å². The van der Waals surface area contributed by atoms with Crippen LogP contribution in [0.3, 0.4) is 0 Å². The normalized spacial score (nSPS) is 18.1. The maximum Gasteiger partial charge on any atom is 0.225 e. The summed E-state index contributed by atoms with van der Waals surface area (Å²) in [5.74, 6) is 1.91. The summed E-state index contributed by atoms with van der Waals surface area (Å²) in [6.45, 7) is 3.68. The van der Waals surface area contributed by atoms with E-state index in [0.717, 1.165) is 36.5 Å². The molecule has 1 fully saturated rings. The number of anilines is 1. The minimum Gasteiger partial charge on any atom is -0.497 e. The van der Waals surface area contributed by atoms with Crippen LogP contribution in [-0.2, 0) is 4.79 Å². The number of hydrogen-bond donors (Lipinski definition) is 1. The maximum atomic E-state index is 12.9. The van der Waals surface area contributed by atoms with Gasteiger partial charge in [-0.2, -0.15) is 0 Å². The number of thiophene rings is 1. The zero-order valence-corrected chi connectivity index (χ0v) is 17.0. The molecule has 0 bridgehead atoms. The molecular formula is C22H25N3O2S. The SMILES string of the molecule is COc1ccc(C(C)NC(=O)C2CCCN(c3nccc4sccc34)C2)cc1. The number of carbonyl (C=O) groups excluding carboxylic acids is 1. The van der Waals surface area contributed by atoms with Crippen molar-refractivity contribution in [2.75, 3.05) is 25.1 Å². The Labute approximate surface area is 169 Å². The molecule has 1 amide bonds. The van der Waals surface area contributed by atoms with Gasteiger partial charge in [0.05, 0.1) is 19.1 Å². The second-order valence-electron chi connectivity index (χ2n) is 7.26. The molecule has 0 saturated carbocycles. The summed E-state index contributed by atoms with van der Waals surface area (Å²) >= 11 is 1.73. The largest absolute Gasteiger partial charge is 0.497 e. The molecule has 1 aliphatic heterocycles. The Balaban J connectivity index is 1.43. The van der Waals surface area contributed by atoms with Gasteiger partial charge in [0.15, 0.2) is 0 Å². The maximum absolute atomic E-state index is 12.9. The fourth-order valence-corrected chi connectivity index (χ4v) is 4.60. The van der Waals surface area contributed by atoms with Crippen LogP contribution in [0.5, 0.6) is 5.75 Å². The van der Waals surface area contributed by atoms with E-state index in [-0.39, 0.29) is 17.9 Å². The molecule has 146 valence electrons. The second-order valence-corrected chi connectivity index (χ2v) is 8.20. The van der Waals surface area contributed by atoms with Crippen LogP contribution in [0.25, 0.3) is 10.1 Å². The van der Waals surface area contributed by atoms with Crippen molar-refractivity contribution in [3.05, 3.63) is 53.5 Å². The number of pyridine rings is 1. The summed E-state index contributed by atoms with van der Waals surface area (Å²) in [6.07, 6.45) is 3.78. The van der Waals surface area contributed by atoms with Gasteiger partial charge in [-0.3, -0.25) is 4.79 Å². The van der Waals surface area contributed by atoms with Gasteiger partial charge < -0.3 is 15.0 Å². The molecule has 2 atom stereocenters. The van der Waals surface area contributed by atoms with Gasteiger partial charge in [0, 0.05) is 29.4 Å². The number of piperidine rings is 1. The number of nitrogens with zero attached hydrogens (tertiary/aromatic N) is 2. The average molecular weight is 396 g/mol. The molecule has 2 aromatic heterocycles. The van der Waals surface area contributed by atoms with E-state index in [1.165, 1.54) is 10.1 Å². The molecule has 3 aromatic rings. The number of nitrogens with one attached hydrogen (secondary N) is 1. The third kappa shape index (κ3) is 3.83. The third-order valence-corrected chi connectivity index (χ3v) is 6.31. The van der Waals surface area contributed by atoms with Crippen molar-refractivity contribution in [3.63, 3.8) is 0 Å². The first-order valence-corrected chi connectivity index (χ1v) is 10.5. The Morgan fingerprint density at radius 1 is 1.29 bits per heavy atom. The molecule has 0 aliphatic carbocycles. The highest BCUT2D eigenvalue weighted by Crippen LogP contribution is 2.31. The Bertz CT molecular complexity index is 954. The van der Waals surface area contributed by atoms with Crippen molar-refractivity contribution in [3.8, 4) is 5.75 Å². The fourth-order valence-electron chi connectivity index (χ4n) is 3.82. The summed E-state index contributed by atoms with van der Waals surface area (Å²) in [4.78, 5) is 19.8. The summed E-state index contributed by atoms with van der Waals surface area (Å²) in [6, 6.07) is 12.0. The van der Waals surface area contributed by atoms with Gasteiger partial charge >= 0.3 is 0 Å². The molecule has 1 aliphatic rings. The van der Waals surface area contributed by atoms with Crippen LogP contribution in [0.2, 0.25) is 0 Å². The van der Waals surface area contributed by atoms with Crippen molar-refractivity contribution in [1.82, 2.24) is 10.3 Å². The topological polar surface area (TPSA) is 54.5 Å². The summed E-state index contributed by atoms with van der Waals surface area (Å²) in [5.41, 5.74) is 1.08. The lowest BCUT2D eigenvalue weighted by Gasteiger charge is -2.33. The minimum absolute atomic E-state index is 0.0230. The van der Waals surface area contributed by atoms with Crippen LogP contribution in [0.4, 0.5) is 5.82 Å². The number of carbonyl (C=O) groups is 1. The number of rotatable bonds is 5. The molecule has 6 heteroatoms. The lowest BCUT2D eigenvalue weighted by molar-refractivity contribution is -0.125. The molecular weight excluding hydrogens is 370 g/mol. The molecule has 28 heavy (non-hydrogen) atoms. The summed E-state index contributed by atoms with van der Waals surface area (Å²) < 4.78 is 6.45. The monoisotopic (exact) mass is 395 g/mol. The number of benzene rings is 1. The predicted octanol–water partition coefficient (Wildman–Crippen LogP) is 4.40. The van der Waals surface area contributed by atoms with E-state index in [2.05, 4.69) is 26.6 Å². The zero-order chi connectivity index (χ0) is 19.5. The molecule has 1 aromatic carbocycles. The van der Waals surface area contributed by atoms with E-state index in [9.17, 15) is 4.79 Å². The molecule has 1 N–H and O–H groups in total. The number of hydrogen-bond acceptors (Lipinski definition) is 5. The lowest BCUT2D eigenvalue weighted by atomic mass is 9.96. The standard InChI is InChI=1S/C22H25N3O2S/c1-15(16-5-7-18(27-2)8-6-16)24-22(26)17-4-3-12-25(14-17)21-19-10-13-28-20(19)9-11-23-21/h5-11,13,15,17H,3-4,12,14H2,1-2H3,(H,24,26). The smallest absolute Gasteiger partial charge is 0.225 e. The molecule has 0 spiro atoms. The van der Waals surface area contributed by atoms with Gasteiger partial charge in [-0.05, 0) is 55.0 Å². The number of fused-ring (bicyclic) bond motifs is 1. The van der Waals surface area contributed by atoms with E-state index in [1.807, 2.05) is 43.5 Å². The molecule has 1 saturated heterocycles. The molecule has 0 radical (unpaired) electrons. The van der Waals surface area contributed by atoms with Crippen LogP contribution in [0, 0.1) is 5.92 Å². The first-order chi connectivity index (χ1) is 13.7. The van der Waals surface area contributed by atoms with Crippen molar-refractivity contribution < 1.29 is 9.53 Å². The highest BCUT2D eigenvalue weighted by atomic mass is 32.1. The Hall–Kier alpha value is -2.60. The fraction of sp³-hybridized carbons (Fsp3) is 0.364. The van der Waals surface area contributed by atoms with Crippen LogP contribution in [0.15, 0.2) is 48.0 Å². The number of amides is 1. The van der Waals surface area contributed by atoms with E-state index < -0.39 is 0 Å². The van der Waals surface area contributed by atoms with Gasteiger partial charge in [0.25, 0.3) is 0 Å². The minimum atomic E-state index is -0.0350. The van der Waals surface area contributed by atoms with Crippen LogP contribution >= 0.6 is 11.3 Å². The number of methoxy groups -OCH3 is 1. The third-order valence-electron chi connectivity index (χ3n) is 5.43. The van der Waals surface area contributed by atoms with Crippen LogP contribution in [-0.4, -0.2) is 31.1 Å². The van der Waals surface area contributed by atoms with Crippen molar-refractivity contribution in [1.29, 1.82) is 0 Å². The summed E-state index contributed by atoms with van der Waals surface area (Å²) in [7, 11) is 1.65. The zero-order valence-electron chi connectivity index (χ0n) is 16.2. The molecule has 2 unspecified atom stereocenters. The van der Waals surface area contributed by atoms with Gasteiger partial charge in [-0.1, -0.05) is 12.1 Å². The van der Waals surface area contributed by atoms with Crippen LogP contribution in [0.1, 0.15) is 31.4 Å². The predicted molar refractivity (Wildman–Crippen MR) is 114 cm³/mol. The van der Waals surface area contributed by atoms with Crippen molar-refractivity contribution in [2.24, 2.45) is 5.92 Å². The van der Waals surface area contributed by atoms with Crippen molar-refractivity contribution in [2.45, 2.75) is 25.8 Å². The molecule has 4 rings (SSSR count). The Kier molecular flexibility index (Phi) is 5.48. The number of aromatic nitrogens is 1. The van der Waals surface area contributed by atoms with Crippen molar-refractivity contribution >= 4 is 33.1 Å². The lowest BCUT2D eigenvalue weighted by Crippen LogP contribution is -2.44. The van der Waals surface area contributed by atoms with Gasteiger partial charge in [-0.25, -0.2) is 4.98 Å². The Morgan fingerprint density at radius 3 is 2.89 bits per heavy atom. The number of ether oxygens (including phenoxy) is 1. The highest BCUT2D eigenvalue weighted by Gasteiger charge is 2.28. The molecule has 5 nitrogen and oxygen atoms in total. The molecule has 3 heterocycles. The highest BCUT2D eigenvalue weighted by molar-refractivity contribution is 7.17.